The largest absolute Gasteiger partial charge is 0.354 e. The van der Waals surface area contributed by atoms with Crippen LogP contribution in [0.25, 0.3) is 21.8 Å². The molecule has 1 aliphatic heterocycles. The van der Waals surface area contributed by atoms with Gasteiger partial charge >= 0.3 is 0 Å². The fraction of sp³-hybridized carbons (Fsp3) is 0.280. The van der Waals surface area contributed by atoms with Gasteiger partial charge < -0.3 is 14.8 Å². The second-order valence-corrected chi connectivity index (χ2v) is 7.91. The Morgan fingerprint density at radius 3 is 2.76 bits per heavy atom. The van der Waals surface area contributed by atoms with Gasteiger partial charge in [0.15, 0.2) is 0 Å². The maximum atomic E-state index is 13.7. The number of benzene rings is 1. The molecule has 0 unspecified atom stereocenters. The van der Waals surface area contributed by atoms with Gasteiger partial charge in [0.1, 0.15) is 28.5 Å². The van der Waals surface area contributed by atoms with E-state index in [-0.39, 0.29) is 5.56 Å². The molecule has 1 aromatic carbocycles. The summed E-state index contributed by atoms with van der Waals surface area (Å²) in [5, 5.41) is 15.4. The molecule has 1 aliphatic rings. The first-order valence-corrected chi connectivity index (χ1v) is 10.9. The molecule has 1 N–H and O–H groups in total. The number of nitrogens with one attached hydrogen (secondary N) is 1. The van der Waals surface area contributed by atoms with E-state index in [1.165, 1.54) is 6.33 Å². The minimum Gasteiger partial charge on any atom is -0.354 e. The molecule has 0 aliphatic carbocycles. The third-order valence-corrected chi connectivity index (χ3v) is 6.02. The number of hydrogen-bond acceptors (Lipinski definition) is 6. The van der Waals surface area contributed by atoms with Crippen molar-refractivity contribution in [2.75, 3.05) is 31.1 Å². The summed E-state index contributed by atoms with van der Waals surface area (Å²) in [6.45, 7) is 5.51. The second kappa shape index (κ2) is 8.78. The highest BCUT2D eigenvalue weighted by molar-refractivity contribution is 5.89. The summed E-state index contributed by atoms with van der Waals surface area (Å²) in [5.74, 6) is 6.70. The van der Waals surface area contributed by atoms with Gasteiger partial charge in [-0.1, -0.05) is 30.2 Å². The van der Waals surface area contributed by atoms with Gasteiger partial charge in [0.25, 0.3) is 5.56 Å². The topological polar surface area (TPSA) is 91.8 Å². The average molecular weight is 438 g/mol. The van der Waals surface area contributed by atoms with E-state index >= 15 is 0 Å². The van der Waals surface area contributed by atoms with Crippen molar-refractivity contribution in [1.29, 1.82) is 5.26 Å². The Kier molecular flexibility index (Phi) is 5.52. The quantitative estimate of drug-likeness (QED) is 0.492. The number of aromatic nitrogens is 4. The summed E-state index contributed by atoms with van der Waals surface area (Å²) < 4.78 is 3.42. The summed E-state index contributed by atoms with van der Waals surface area (Å²) in [6.07, 6.45) is 3.27. The van der Waals surface area contributed by atoms with Gasteiger partial charge in [0.2, 0.25) is 0 Å². The van der Waals surface area contributed by atoms with E-state index in [2.05, 4.69) is 38.1 Å². The highest BCUT2D eigenvalue weighted by Gasteiger charge is 2.26. The molecule has 8 nitrogen and oxygen atoms in total. The van der Waals surface area contributed by atoms with Crippen LogP contribution in [0.3, 0.4) is 0 Å². The van der Waals surface area contributed by atoms with Gasteiger partial charge in [0, 0.05) is 37.8 Å². The first-order valence-electron chi connectivity index (χ1n) is 10.9. The van der Waals surface area contributed by atoms with Crippen molar-refractivity contribution in [2.45, 2.75) is 20.0 Å². The molecule has 4 heterocycles. The smallest absolute Gasteiger partial charge is 0.278 e. The van der Waals surface area contributed by atoms with E-state index < -0.39 is 0 Å². The number of rotatable bonds is 4. The highest BCUT2D eigenvalue weighted by atomic mass is 16.1. The number of hydrogen-bond donors (Lipinski definition) is 1. The Morgan fingerprint density at radius 1 is 1.15 bits per heavy atom. The Labute approximate surface area is 191 Å². The Bertz CT molecular complexity index is 1500. The molecule has 1 fully saturated rings. The predicted octanol–water partition coefficient (Wildman–Crippen LogP) is 2.10. The second-order valence-electron chi connectivity index (χ2n) is 7.91. The van der Waals surface area contributed by atoms with Crippen LogP contribution in [0.1, 0.15) is 18.2 Å². The number of fused-ring (bicyclic) bond motifs is 2. The average Bonchev–Trinajstić information content (AvgIpc) is 3.19. The standard InChI is InChI=1S/C25H23N7O/c1-2-3-12-32-23-22(20(15-26)24(32)30-13-10-27-11-14-30)29-17-31(25(23)33)16-21-19-7-5-4-6-18(19)8-9-28-21/h4-9,17,27H,10-14,16H2,1H3. The Balaban J connectivity index is 1.70. The zero-order valence-corrected chi connectivity index (χ0v) is 18.4. The zero-order chi connectivity index (χ0) is 22.8. The van der Waals surface area contributed by atoms with Gasteiger partial charge in [-0.2, -0.15) is 5.26 Å². The minimum atomic E-state index is -0.203. The van der Waals surface area contributed by atoms with Crippen molar-refractivity contribution in [2.24, 2.45) is 0 Å². The Morgan fingerprint density at radius 2 is 1.97 bits per heavy atom. The number of anilines is 1. The summed E-state index contributed by atoms with van der Waals surface area (Å²) >= 11 is 0. The van der Waals surface area contributed by atoms with E-state index in [1.54, 1.807) is 17.7 Å². The molecule has 33 heavy (non-hydrogen) atoms. The van der Waals surface area contributed by atoms with E-state index in [0.29, 0.717) is 29.7 Å². The third-order valence-electron chi connectivity index (χ3n) is 6.02. The maximum absolute atomic E-state index is 13.7. The lowest BCUT2D eigenvalue weighted by Crippen LogP contribution is -2.44. The van der Waals surface area contributed by atoms with E-state index in [4.69, 9.17) is 0 Å². The first-order chi connectivity index (χ1) is 16.2. The van der Waals surface area contributed by atoms with Crippen molar-refractivity contribution >= 4 is 27.6 Å². The Hall–Kier alpha value is -4.14. The normalized spacial score (nSPS) is 13.6. The summed E-state index contributed by atoms with van der Waals surface area (Å²) in [4.78, 5) is 24.9. The molecule has 0 saturated carbocycles. The van der Waals surface area contributed by atoms with Gasteiger partial charge in [-0.3, -0.25) is 14.3 Å². The summed E-state index contributed by atoms with van der Waals surface area (Å²) in [5.41, 5.74) is 1.86. The van der Waals surface area contributed by atoms with Crippen LogP contribution in [0.5, 0.6) is 0 Å². The molecule has 5 rings (SSSR count). The number of pyridine rings is 1. The molecule has 3 aromatic heterocycles. The molecule has 8 heteroatoms. The summed E-state index contributed by atoms with van der Waals surface area (Å²) in [6, 6.07) is 12.2. The van der Waals surface area contributed by atoms with Gasteiger partial charge in [-0.25, -0.2) is 4.98 Å². The number of nitriles is 1. The third kappa shape index (κ3) is 3.61. The van der Waals surface area contributed by atoms with Crippen molar-refractivity contribution < 1.29 is 0 Å². The van der Waals surface area contributed by atoms with Gasteiger partial charge in [-0.05, 0) is 18.4 Å². The van der Waals surface area contributed by atoms with Crippen LogP contribution in [-0.4, -0.2) is 45.3 Å². The molecule has 4 aromatic rings. The molecule has 0 bridgehead atoms. The predicted molar refractivity (Wildman–Crippen MR) is 128 cm³/mol. The van der Waals surface area contributed by atoms with Crippen LogP contribution < -0.4 is 15.8 Å². The molecule has 0 amide bonds. The van der Waals surface area contributed by atoms with Crippen molar-refractivity contribution in [1.82, 2.24) is 24.4 Å². The van der Waals surface area contributed by atoms with Crippen LogP contribution in [0.2, 0.25) is 0 Å². The van der Waals surface area contributed by atoms with E-state index in [9.17, 15) is 10.1 Å². The van der Waals surface area contributed by atoms with Crippen LogP contribution in [-0.2, 0) is 13.1 Å². The van der Waals surface area contributed by atoms with Crippen molar-refractivity contribution in [3.8, 4) is 17.9 Å². The zero-order valence-electron chi connectivity index (χ0n) is 18.4. The van der Waals surface area contributed by atoms with E-state index in [0.717, 1.165) is 48.5 Å². The van der Waals surface area contributed by atoms with Crippen LogP contribution in [0.15, 0.2) is 47.7 Å². The maximum Gasteiger partial charge on any atom is 0.278 e. The van der Waals surface area contributed by atoms with Gasteiger partial charge in [0.05, 0.1) is 25.1 Å². The lowest BCUT2D eigenvalue weighted by Gasteiger charge is -2.30. The van der Waals surface area contributed by atoms with E-state index in [1.807, 2.05) is 34.9 Å². The SMILES string of the molecule is CC#CCn1c(N2CCNCC2)c(C#N)c2ncn(Cc3nccc4ccccc34)c(=O)c21. The van der Waals surface area contributed by atoms with Crippen LogP contribution in [0.4, 0.5) is 5.82 Å². The number of piperazine rings is 1. The molecule has 164 valence electrons. The molecule has 0 spiro atoms. The molecular formula is C25H23N7O. The van der Waals surface area contributed by atoms with Gasteiger partial charge in [-0.15, -0.1) is 5.92 Å². The lowest BCUT2D eigenvalue weighted by atomic mass is 10.1. The fourth-order valence-corrected chi connectivity index (χ4v) is 4.45. The van der Waals surface area contributed by atoms with Crippen molar-refractivity contribution in [3.05, 3.63) is 64.5 Å². The van der Waals surface area contributed by atoms with Crippen LogP contribution >= 0.6 is 0 Å². The summed E-state index contributed by atoms with van der Waals surface area (Å²) in [7, 11) is 0. The molecular weight excluding hydrogens is 414 g/mol. The molecule has 1 saturated heterocycles. The minimum absolute atomic E-state index is 0.203. The monoisotopic (exact) mass is 437 g/mol. The first kappa shape index (κ1) is 20.7. The molecule has 0 radical (unpaired) electrons. The van der Waals surface area contributed by atoms with Crippen LogP contribution in [0, 0.1) is 23.2 Å². The lowest BCUT2D eigenvalue weighted by molar-refractivity contribution is 0.577. The van der Waals surface area contributed by atoms with Crippen molar-refractivity contribution in [3.63, 3.8) is 0 Å². The molecule has 0 atom stereocenters. The number of nitrogens with zero attached hydrogens (tertiary/aromatic N) is 6. The highest BCUT2D eigenvalue weighted by Crippen LogP contribution is 2.30. The fourth-order valence-electron chi connectivity index (χ4n) is 4.45.